The Hall–Kier alpha value is -2.35. The van der Waals surface area contributed by atoms with E-state index in [1.54, 1.807) is 12.4 Å². The summed E-state index contributed by atoms with van der Waals surface area (Å²) < 4.78 is 38.7. The molecule has 2 N–H and O–H groups in total. The lowest BCUT2D eigenvalue weighted by Gasteiger charge is -2.35. The third-order valence-electron chi connectivity index (χ3n) is 6.82. The number of benzene rings is 1. The van der Waals surface area contributed by atoms with Crippen LogP contribution < -0.4 is 5.32 Å². The zero-order valence-corrected chi connectivity index (χ0v) is 17.0. The topological polar surface area (TPSA) is 61.0 Å². The predicted molar refractivity (Wildman–Crippen MR) is 106 cm³/mol. The molecule has 2 saturated heterocycles. The number of aromatic nitrogens is 2. The van der Waals surface area contributed by atoms with Crippen LogP contribution in [0.15, 0.2) is 36.8 Å². The number of amides is 1. The van der Waals surface area contributed by atoms with Crippen LogP contribution in [0.2, 0.25) is 0 Å². The fraction of sp³-hybridized carbons (Fsp3) is 0.545. The second kappa shape index (κ2) is 8.06. The van der Waals surface area contributed by atoms with Crippen LogP contribution in [0.3, 0.4) is 0 Å². The number of nitrogens with zero attached hydrogens (tertiary/aromatic N) is 2. The van der Waals surface area contributed by atoms with Gasteiger partial charge in [0.05, 0.1) is 17.3 Å². The molecule has 1 amide bonds. The van der Waals surface area contributed by atoms with Crippen LogP contribution in [-0.2, 0) is 23.9 Å². The average molecular weight is 420 g/mol. The van der Waals surface area contributed by atoms with Gasteiger partial charge in [-0.3, -0.25) is 9.69 Å². The van der Waals surface area contributed by atoms with Gasteiger partial charge in [-0.15, -0.1) is 0 Å². The van der Waals surface area contributed by atoms with Gasteiger partial charge in [0.15, 0.2) is 0 Å². The van der Waals surface area contributed by atoms with E-state index in [4.69, 9.17) is 0 Å². The Morgan fingerprint density at radius 2 is 2.20 bits per heavy atom. The monoisotopic (exact) mass is 420 g/mol. The molecule has 8 heteroatoms. The Labute approximate surface area is 174 Å². The first kappa shape index (κ1) is 20.9. The molecular weight excluding hydrogens is 393 g/mol. The van der Waals surface area contributed by atoms with Crippen LogP contribution in [0, 0.1) is 5.41 Å². The number of carbonyl (C=O) groups excluding carboxylic acids is 1. The van der Waals surface area contributed by atoms with Gasteiger partial charge in [0.25, 0.3) is 0 Å². The van der Waals surface area contributed by atoms with Gasteiger partial charge in [-0.2, -0.15) is 13.2 Å². The molecule has 3 atom stereocenters. The van der Waals surface area contributed by atoms with Crippen LogP contribution in [0.1, 0.15) is 49.4 Å². The van der Waals surface area contributed by atoms with Crippen molar-refractivity contribution in [1.29, 1.82) is 0 Å². The average Bonchev–Trinajstić information content (AvgIpc) is 3.44. The number of hydrogen-bond acceptors (Lipinski definition) is 3. The van der Waals surface area contributed by atoms with Gasteiger partial charge in [0, 0.05) is 37.1 Å². The van der Waals surface area contributed by atoms with E-state index < -0.39 is 17.2 Å². The van der Waals surface area contributed by atoms with Crippen molar-refractivity contribution >= 4 is 5.91 Å². The van der Waals surface area contributed by atoms with E-state index in [0.717, 1.165) is 50.1 Å². The molecule has 2 fully saturated rings. The number of fused-ring (bicyclic) bond motifs is 2. The van der Waals surface area contributed by atoms with E-state index in [-0.39, 0.29) is 11.9 Å². The number of nitrogens with one attached hydrogen (secondary N) is 2. The maximum absolute atomic E-state index is 13.2. The second-order valence-corrected chi connectivity index (χ2v) is 8.41. The molecular formula is C22H27F3N4O. The van der Waals surface area contributed by atoms with Crippen molar-refractivity contribution < 1.29 is 18.0 Å². The lowest BCUT2D eigenvalue weighted by molar-refractivity contribution is -0.137. The molecule has 3 heterocycles. The molecule has 2 bridgehead atoms. The van der Waals surface area contributed by atoms with Gasteiger partial charge in [-0.05, 0) is 43.7 Å². The number of rotatable bonds is 7. The normalized spacial score (nSPS) is 26.3. The molecule has 30 heavy (non-hydrogen) atoms. The molecule has 2 aliphatic heterocycles. The number of H-pyrrole nitrogens is 1. The number of aromatic amines is 1. The van der Waals surface area contributed by atoms with Crippen molar-refractivity contribution in [3.63, 3.8) is 0 Å². The summed E-state index contributed by atoms with van der Waals surface area (Å²) in [4.78, 5) is 22.9. The van der Waals surface area contributed by atoms with E-state index in [1.165, 1.54) is 6.07 Å². The number of halogens is 3. The quantitative estimate of drug-likeness (QED) is 0.714. The summed E-state index contributed by atoms with van der Waals surface area (Å²) in [5, 5.41) is 3.02. The second-order valence-electron chi connectivity index (χ2n) is 8.41. The molecule has 162 valence electrons. The van der Waals surface area contributed by atoms with E-state index in [9.17, 15) is 18.0 Å². The molecule has 0 saturated carbocycles. The molecule has 0 spiro atoms. The maximum Gasteiger partial charge on any atom is 0.416 e. The van der Waals surface area contributed by atoms with E-state index in [2.05, 4.69) is 27.1 Å². The first-order chi connectivity index (χ1) is 14.3. The van der Waals surface area contributed by atoms with Crippen molar-refractivity contribution in [2.24, 2.45) is 5.41 Å². The molecule has 5 nitrogen and oxygen atoms in total. The van der Waals surface area contributed by atoms with Crippen LogP contribution in [0.4, 0.5) is 13.2 Å². The van der Waals surface area contributed by atoms with Gasteiger partial charge in [-0.1, -0.05) is 25.1 Å². The maximum atomic E-state index is 13.2. The van der Waals surface area contributed by atoms with E-state index >= 15 is 0 Å². The molecule has 4 rings (SSSR count). The third-order valence-corrected chi connectivity index (χ3v) is 6.82. The van der Waals surface area contributed by atoms with Gasteiger partial charge in [0.2, 0.25) is 5.91 Å². The Balaban J connectivity index is 1.39. The molecule has 1 aromatic heterocycles. The smallest absolute Gasteiger partial charge is 0.355 e. The summed E-state index contributed by atoms with van der Waals surface area (Å²) >= 11 is 0. The Kier molecular flexibility index (Phi) is 5.61. The highest BCUT2D eigenvalue weighted by atomic mass is 19.4. The Morgan fingerprint density at radius 1 is 1.37 bits per heavy atom. The van der Waals surface area contributed by atoms with Crippen LogP contribution in [0.25, 0.3) is 0 Å². The SMILES string of the molecule is CC[C@]1(C(=O)NCCc2cccc(C(F)(F)F)c2)C[C@H]2CC[C@@H]1N2Cc1cnc[nH]1. The van der Waals surface area contributed by atoms with Crippen LogP contribution in [0.5, 0.6) is 0 Å². The van der Waals surface area contributed by atoms with E-state index in [0.29, 0.717) is 24.6 Å². The third kappa shape index (κ3) is 3.85. The van der Waals surface area contributed by atoms with Crippen molar-refractivity contribution in [3.05, 3.63) is 53.6 Å². The molecule has 2 aliphatic rings. The fourth-order valence-electron chi connectivity index (χ4n) is 5.30. The van der Waals surface area contributed by atoms with Crippen molar-refractivity contribution in [3.8, 4) is 0 Å². The summed E-state index contributed by atoms with van der Waals surface area (Å²) in [6.07, 6.45) is 3.18. The van der Waals surface area contributed by atoms with E-state index in [1.807, 2.05) is 6.20 Å². The number of carbonyl (C=O) groups is 1. The van der Waals surface area contributed by atoms with Gasteiger partial charge >= 0.3 is 6.18 Å². The number of hydrogen-bond donors (Lipinski definition) is 2. The zero-order chi connectivity index (χ0) is 21.4. The summed E-state index contributed by atoms with van der Waals surface area (Å²) in [6.45, 7) is 3.15. The lowest BCUT2D eigenvalue weighted by atomic mass is 9.71. The number of imidazole rings is 1. The van der Waals surface area contributed by atoms with Gasteiger partial charge < -0.3 is 10.3 Å². The summed E-state index contributed by atoms with van der Waals surface area (Å²) in [5.74, 6) is 0.0267. The predicted octanol–water partition coefficient (Wildman–Crippen LogP) is 3.92. The minimum Gasteiger partial charge on any atom is -0.355 e. The summed E-state index contributed by atoms with van der Waals surface area (Å²) in [6, 6.07) is 5.87. The van der Waals surface area contributed by atoms with Crippen LogP contribution >= 0.6 is 0 Å². The van der Waals surface area contributed by atoms with Crippen LogP contribution in [-0.4, -0.2) is 39.4 Å². The largest absolute Gasteiger partial charge is 0.416 e. The lowest BCUT2D eigenvalue weighted by Crippen LogP contribution is -2.49. The minimum absolute atomic E-state index is 0.0267. The van der Waals surface area contributed by atoms with Gasteiger partial charge in [-0.25, -0.2) is 4.98 Å². The Morgan fingerprint density at radius 3 is 2.90 bits per heavy atom. The zero-order valence-electron chi connectivity index (χ0n) is 17.0. The Bertz CT molecular complexity index is 883. The molecule has 0 radical (unpaired) electrons. The highest BCUT2D eigenvalue weighted by Gasteiger charge is 2.58. The first-order valence-corrected chi connectivity index (χ1v) is 10.5. The first-order valence-electron chi connectivity index (χ1n) is 10.5. The van der Waals surface area contributed by atoms with Gasteiger partial charge in [0.1, 0.15) is 0 Å². The molecule has 0 aliphatic carbocycles. The standard InChI is InChI=1S/C22H27F3N4O/c1-2-21(11-18-6-7-19(21)29(18)13-17-12-26-14-28-17)20(30)27-9-8-15-4-3-5-16(10-15)22(23,24)25/h3-5,10,12,14,18-19H,2,6-9,11,13H2,1H3,(H,26,28)(H,27,30)/t18-,19+,21+/m1/s1. The fourth-order valence-corrected chi connectivity index (χ4v) is 5.30. The van der Waals surface area contributed by atoms with Crippen molar-refractivity contribution in [2.75, 3.05) is 6.54 Å². The highest BCUT2D eigenvalue weighted by Crippen LogP contribution is 2.52. The summed E-state index contributed by atoms with van der Waals surface area (Å²) in [5.41, 5.74) is 0.531. The molecule has 1 aromatic carbocycles. The summed E-state index contributed by atoms with van der Waals surface area (Å²) in [7, 11) is 0. The highest BCUT2D eigenvalue weighted by molar-refractivity contribution is 5.84. The number of alkyl halides is 3. The molecule has 0 unspecified atom stereocenters. The minimum atomic E-state index is -4.35. The van der Waals surface area contributed by atoms with Crippen molar-refractivity contribution in [1.82, 2.24) is 20.2 Å². The van der Waals surface area contributed by atoms with Crippen molar-refractivity contribution in [2.45, 2.75) is 63.8 Å². The molecule has 2 aromatic rings.